The van der Waals surface area contributed by atoms with Crippen molar-refractivity contribution in [3.8, 4) is 0 Å². The van der Waals surface area contributed by atoms with E-state index < -0.39 is 35.6 Å². The number of halogens is 4. The van der Waals surface area contributed by atoms with Gasteiger partial charge in [-0.2, -0.15) is 13.2 Å². The smallest absolute Gasteiger partial charge is 0.383 e. The first kappa shape index (κ1) is 27.5. The number of allylic oxidation sites excluding steroid dienone is 2. The first-order valence-electron chi connectivity index (χ1n) is 11.8. The predicted molar refractivity (Wildman–Crippen MR) is 140 cm³/mol. The van der Waals surface area contributed by atoms with E-state index in [2.05, 4.69) is 15.6 Å². The van der Waals surface area contributed by atoms with E-state index in [1.54, 1.807) is 32.3 Å². The molecule has 1 unspecified atom stereocenters. The van der Waals surface area contributed by atoms with Crippen molar-refractivity contribution in [2.75, 3.05) is 29.6 Å². The molecule has 0 saturated carbocycles. The maximum atomic E-state index is 13.6. The zero-order valence-corrected chi connectivity index (χ0v) is 20.9. The third-order valence-corrected chi connectivity index (χ3v) is 5.94. The zero-order chi connectivity index (χ0) is 28.3. The number of amides is 2. The number of carbonyl (C=O) groups excluding carboxylic acids is 2. The summed E-state index contributed by atoms with van der Waals surface area (Å²) in [5.74, 6) is -1.50. The number of aromatic nitrogens is 1. The van der Waals surface area contributed by atoms with E-state index in [1.165, 1.54) is 53.5 Å². The number of pyridine rings is 1. The molecule has 2 amide bonds. The van der Waals surface area contributed by atoms with Gasteiger partial charge in [0.2, 0.25) is 5.91 Å². The number of carbonyl (C=O) groups is 2. The molecule has 0 fully saturated rings. The largest absolute Gasteiger partial charge is 0.433 e. The van der Waals surface area contributed by atoms with Crippen LogP contribution >= 0.6 is 0 Å². The highest BCUT2D eigenvalue weighted by Gasteiger charge is 2.33. The van der Waals surface area contributed by atoms with E-state index in [1.807, 2.05) is 0 Å². The molecule has 202 valence electrons. The van der Waals surface area contributed by atoms with Crippen molar-refractivity contribution < 1.29 is 32.3 Å². The molecule has 0 bridgehead atoms. The summed E-state index contributed by atoms with van der Waals surface area (Å²) in [5.41, 5.74) is 1.64. The highest BCUT2D eigenvalue weighted by Crippen LogP contribution is 2.35. The summed E-state index contributed by atoms with van der Waals surface area (Å²) in [7, 11) is 3.11. The van der Waals surface area contributed by atoms with Crippen LogP contribution < -0.4 is 15.5 Å². The minimum atomic E-state index is -4.64. The number of anilines is 3. The standard InChI is InChI=1S/C28H24F4N4O3/c1-36(2)26-19(13-14-24(35-26)28(30,31)32)18(16-9-11-17(29)12-10-16)5-3-8-25(38)33-21-6-4-7-22-20(21)15-23(37)27(39)34-22/h3-14,23,37H,15H2,1-2H3,(H,33,38)(H,34,39). The van der Waals surface area contributed by atoms with Crippen LogP contribution in [-0.2, 0) is 22.2 Å². The Bertz CT molecular complexity index is 1460. The normalized spacial score (nSPS) is 15.6. The van der Waals surface area contributed by atoms with Crippen LogP contribution in [0.4, 0.5) is 34.8 Å². The molecule has 0 spiro atoms. The lowest BCUT2D eigenvalue weighted by Gasteiger charge is -2.23. The fourth-order valence-electron chi connectivity index (χ4n) is 4.08. The quantitative estimate of drug-likeness (QED) is 0.238. The van der Waals surface area contributed by atoms with Gasteiger partial charge in [0.25, 0.3) is 5.91 Å². The molecule has 1 aromatic heterocycles. The highest BCUT2D eigenvalue weighted by molar-refractivity contribution is 6.03. The highest BCUT2D eigenvalue weighted by atomic mass is 19.4. The van der Waals surface area contributed by atoms with E-state index in [0.29, 0.717) is 33.6 Å². The topological polar surface area (TPSA) is 94.6 Å². The lowest BCUT2D eigenvalue weighted by Crippen LogP contribution is -2.34. The van der Waals surface area contributed by atoms with Gasteiger partial charge in [0.15, 0.2) is 0 Å². The molecule has 39 heavy (non-hydrogen) atoms. The predicted octanol–water partition coefficient (Wildman–Crippen LogP) is 4.79. The summed E-state index contributed by atoms with van der Waals surface area (Å²) in [6.07, 6.45) is -1.70. The Kier molecular flexibility index (Phi) is 7.82. The van der Waals surface area contributed by atoms with Gasteiger partial charge in [0.1, 0.15) is 23.4 Å². The Morgan fingerprint density at radius 1 is 1.13 bits per heavy atom. The summed E-state index contributed by atoms with van der Waals surface area (Å²) in [4.78, 5) is 29.7. The van der Waals surface area contributed by atoms with E-state index >= 15 is 0 Å². The van der Waals surface area contributed by atoms with Gasteiger partial charge in [-0.25, -0.2) is 9.37 Å². The third-order valence-electron chi connectivity index (χ3n) is 5.94. The van der Waals surface area contributed by atoms with E-state index in [4.69, 9.17) is 0 Å². The molecule has 3 aromatic rings. The summed E-state index contributed by atoms with van der Waals surface area (Å²) in [6, 6.07) is 12.5. The van der Waals surface area contributed by atoms with Crippen molar-refractivity contribution in [3.05, 3.63) is 101 Å². The van der Waals surface area contributed by atoms with E-state index in [-0.39, 0.29) is 12.2 Å². The van der Waals surface area contributed by atoms with Crippen molar-refractivity contribution in [1.29, 1.82) is 0 Å². The van der Waals surface area contributed by atoms with Gasteiger partial charge in [-0.15, -0.1) is 0 Å². The van der Waals surface area contributed by atoms with Crippen LogP contribution in [0.15, 0.2) is 72.8 Å². The van der Waals surface area contributed by atoms with Crippen LogP contribution in [0.5, 0.6) is 0 Å². The van der Waals surface area contributed by atoms with Gasteiger partial charge in [-0.05, 0) is 47.5 Å². The number of hydrogen-bond donors (Lipinski definition) is 3. The molecular formula is C28H24F4N4O3. The Balaban J connectivity index is 1.67. The average molecular weight is 541 g/mol. The third kappa shape index (κ3) is 6.32. The molecule has 11 heteroatoms. The first-order chi connectivity index (χ1) is 18.4. The first-order valence-corrected chi connectivity index (χ1v) is 11.8. The Labute approximate surface area is 221 Å². The molecule has 0 aliphatic carbocycles. The maximum absolute atomic E-state index is 13.6. The van der Waals surface area contributed by atoms with Gasteiger partial charge in [0, 0.05) is 49.1 Å². The Morgan fingerprint density at radius 2 is 1.85 bits per heavy atom. The van der Waals surface area contributed by atoms with Gasteiger partial charge in [0.05, 0.1) is 0 Å². The van der Waals surface area contributed by atoms with E-state index in [9.17, 15) is 32.3 Å². The molecule has 4 rings (SSSR count). The van der Waals surface area contributed by atoms with Crippen LogP contribution in [0.25, 0.3) is 5.57 Å². The van der Waals surface area contributed by atoms with Crippen molar-refractivity contribution in [2.24, 2.45) is 0 Å². The van der Waals surface area contributed by atoms with Gasteiger partial charge < -0.3 is 20.6 Å². The van der Waals surface area contributed by atoms with Crippen molar-refractivity contribution in [1.82, 2.24) is 4.98 Å². The van der Waals surface area contributed by atoms with Gasteiger partial charge in [-0.3, -0.25) is 9.59 Å². The molecule has 2 aromatic carbocycles. The number of benzene rings is 2. The summed E-state index contributed by atoms with van der Waals surface area (Å²) >= 11 is 0. The summed E-state index contributed by atoms with van der Waals surface area (Å²) < 4.78 is 53.6. The van der Waals surface area contributed by atoms with Crippen LogP contribution in [0.3, 0.4) is 0 Å². The molecule has 0 radical (unpaired) electrons. The second-order valence-corrected chi connectivity index (χ2v) is 8.94. The monoisotopic (exact) mass is 540 g/mol. The fraction of sp³-hybridized carbons (Fsp3) is 0.179. The van der Waals surface area contributed by atoms with Crippen molar-refractivity contribution in [3.63, 3.8) is 0 Å². The molecule has 2 heterocycles. The minimum absolute atomic E-state index is 0.0319. The van der Waals surface area contributed by atoms with Crippen molar-refractivity contribution in [2.45, 2.75) is 18.7 Å². The summed E-state index contributed by atoms with van der Waals surface area (Å²) in [5, 5.41) is 15.2. The molecule has 7 nitrogen and oxygen atoms in total. The molecular weight excluding hydrogens is 516 g/mol. The van der Waals surface area contributed by atoms with Crippen LogP contribution in [0.1, 0.15) is 22.4 Å². The zero-order valence-electron chi connectivity index (χ0n) is 20.9. The van der Waals surface area contributed by atoms with Gasteiger partial charge >= 0.3 is 6.18 Å². The SMILES string of the molecule is CN(C)c1nc(C(F)(F)F)ccc1C(=CC=CC(=O)Nc1cccc2c1CC(O)C(=O)N2)c1ccc(F)cc1. The average Bonchev–Trinajstić information content (AvgIpc) is 2.87. The van der Waals surface area contributed by atoms with Crippen LogP contribution in [-0.4, -0.2) is 42.1 Å². The maximum Gasteiger partial charge on any atom is 0.433 e. The van der Waals surface area contributed by atoms with Crippen molar-refractivity contribution >= 4 is 34.6 Å². The van der Waals surface area contributed by atoms with Crippen LogP contribution in [0, 0.1) is 5.82 Å². The lowest BCUT2D eigenvalue weighted by atomic mass is 9.97. The number of alkyl halides is 3. The second-order valence-electron chi connectivity index (χ2n) is 8.94. The number of nitrogens with one attached hydrogen (secondary N) is 2. The Morgan fingerprint density at radius 3 is 2.51 bits per heavy atom. The number of aliphatic hydroxyl groups excluding tert-OH is 1. The lowest BCUT2D eigenvalue weighted by molar-refractivity contribution is -0.141. The van der Waals surface area contributed by atoms with Gasteiger partial charge in [-0.1, -0.05) is 30.4 Å². The fourth-order valence-corrected chi connectivity index (χ4v) is 4.08. The molecule has 0 saturated heterocycles. The van der Waals surface area contributed by atoms with E-state index in [0.717, 1.165) is 6.07 Å². The number of nitrogens with zero attached hydrogens (tertiary/aromatic N) is 2. The second kappa shape index (κ2) is 11.1. The van der Waals surface area contributed by atoms with Crippen LogP contribution in [0.2, 0.25) is 0 Å². The number of rotatable bonds is 6. The minimum Gasteiger partial charge on any atom is -0.383 e. The molecule has 1 aliphatic heterocycles. The summed E-state index contributed by atoms with van der Waals surface area (Å²) in [6.45, 7) is 0. The number of aliphatic hydroxyl groups is 1. The molecule has 1 atom stereocenters. The number of hydrogen-bond acceptors (Lipinski definition) is 5. The molecule has 1 aliphatic rings. The molecule has 3 N–H and O–H groups in total. The Hall–Kier alpha value is -4.51. The number of fused-ring (bicyclic) bond motifs is 1.